The van der Waals surface area contributed by atoms with Gasteiger partial charge in [0, 0.05) is 14.1 Å². The van der Waals surface area contributed by atoms with Gasteiger partial charge in [-0.15, -0.1) is 0 Å². The van der Waals surface area contributed by atoms with Crippen molar-refractivity contribution in [3.8, 4) is 5.75 Å². The van der Waals surface area contributed by atoms with Crippen LogP contribution in [0.1, 0.15) is 11.1 Å². The second-order valence-corrected chi connectivity index (χ2v) is 9.62. The van der Waals surface area contributed by atoms with Crippen molar-refractivity contribution < 1.29 is 37.6 Å². The molecule has 1 unspecified atom stereocenters. The molecule has 2 aromatic rings. The highest BCUT2D eigenvalue weighted by molar-refractivity contribution is 8.14. The predicted molar refractivity (Wildman–Crippen MR) is 125 cm³/mol. The number of fused-ring (bicyclic) bond motifs is 1. The van der Waals surface area contributed by atoms with Gasteiger partial charge in [0.15, 0.2) is 11.3 Å². The summed E-state index contributed by atoms with van der Waals surface area (Å²) >= 11 is 1.11. The van der Waals surface area contributed by atoms with Crippen LogP contribution in [0.4, 0.5) is 13.2 Å². The van der Waals surface area contributed by atoms with Crippen LogP contribution in [0.15, 0.2) is 59.6 Å². The SMILES string of the molecule is CN(C)C1=N[C@@H]2[C@@H](O)[C@H](O)C([C@@H](OCc3ccc(OCc4ccccc4)cc3)C(F)(F)F)O[C@@H]2S1. The third kappa shape index (κ3) is 6.10. The normalized spacial score (nSPS) is 27.2. The van der Waals surface area contributed by atoms with Crippen LogP contribution in [-0.2, 0) is 22.7 Å². The van der Waals surface area contributed by atoms with Crippen LogP contribution in [0.3, 0.4) is 0 Å². The average molecular weight is 513 g/mol. The molecule has 1 saturated heterocycles. The van der Waals surface area contributed by atoms with E-state index in [0.717, 1.165) is 17.3 Å². The maximum Gasteiger partial charge on any atom is 0.417 e. The Morgan fingerprint density at radius 2 is 1.66 bits per heavy atom. The van der Waals surface area contributed by atoms with Crippen molar-refractivity contribution in [1.29, 1.82) is 0 Å². The summed E-state index contributed by atoms with van der Waals surface area (Å²) < 4.78 is 58.3. The second-order valence-electron chi connectivity index (χ2n) is 8.56. The van der Waals surface area contributed by atoms with Gasteiger partial charge in [-0.1, -0.05) is 54.2 Å². The largest absolute Gasteiger partial charge is 0.489 e. The van der Waals surface area contributed by atoms with Crippen molar-refractivity contribution in [2.45, 2.75) is 55.3 Å². The monoisotopic (exact) mass is 512 g/mol. The molecular weight excluding hydrogens is 485 g/mol. The van der Waals surface area contributed by atoms with Crippen LogP contribution in [0.25, 0.3) is 0 Å². The molecule has 7 nitrogen and oxygen atoms in total. The minimum Gasteiger partial charge on any atom is -0.489 e. The fourth-order valence-electron chi connectivity index (χ4n) is 3.83. The lowest BCUT2D eigenvalue weighted by molar-refractivity contribution is -0.286. The van der Waals surface area contributed by atoms with Gasteiger partial charge in [-0.05, 0) is 23.3 Å². The number of thioether (sulfide) groups is 1. The van der Waals surface area contributed by atoms with Crippen LogP contribution in [0, 0.1) is 0 Å². The number of hydrogen-bond acceptors (Lipinski definition) is 8. The molecule has 2 heterocycles. The molecule has 0 radical (unpaired) electrons. The van der Waals surface area contributed by atoms with Gasteiger partial charge in [-0.2, -0.15) is 13.2 Å². The lowest BCUT2D eigenvalue weighted by Crippen LogP contribution is -2.61. The summed E-state index contributed by atoms with van der Waals surface area (Å²) in [6.45, 7) is -0.00199. The molecule has 190 valence electrons. The molecule has 2 aromatic carbocycles. The van der Waals surface area contributed by atoms with E-state index in [1.54, 1.807) is 43.3 Å². The number of nitrogens with zero attached hydrogens (tertiary/aromatic N) is 2. The highest BCUT2D eigenvalue weighted by atomic mass is 32.2. The Morgan fingerprint density at radius 3 is 2.29 bits per heavy atom. The molecule has 2 aliphatic rings. The summed E-state index contributed by atoms with van der Waals surface area (Å²) in [5, 5.41) is 21.4. The molecule has 6 atom stereocenters. The van der Waals surface area contributed by atoms with Crippen molar-refractivity contribution in [3.63, 3.8) is 0 Å². The first kappa shape index (κ1) is 25.8. The Balaban J connectivity index is 1.39. The summed E-state index contributed by atoms with van der Waals surface area (Å²) in [6, 6.07) is 15.2. The van der Waals surface area contributed by atoms with Crippen molar-refractivity contribution in [1.82, 2.24) is 4.90 Å². The zero-order chi connectivity index (χ0) is 25.2. The fraction of sp³-hybridized carbons (Fsp3) is 0.458. The van der Waals surface area contributed by atoms with E-state index in [0.29, 0.717) is 23.1 Å². The number of aliphatic hydroxyl groups excluding tert-OH is 2. The molecule has 1 fully saturated rings. The molecule has 0 amide bonds. The first-order valence-electron chi connectivity index (χ1n) is 11.0. The minimum absolute atomic E-state index is 0.367. The van der Waals surface area contributed by atoms with Crippen LogP contribution in [0.2, 0.25) is 0 Å². The zero-order valence-electron chi connectivity index (χ0n) is 19.1. The molecule has 0 bridgehead atoms. The molecule has 35 heavy (non-hydrogen) atoms. The third-order valence-electron chi connectivity index (χ3n) is 5.69. The average Bonchev–Trinajstić information content (AvgIpc) is 3.26. The van der Waals surface area contributed by atoms with Gasteiger partial charge < -0.3 is 29.3 Å². The summed E-state index contributed by atoms with van der Waals surface area (Å²) in [4.78, 5) is 5.94. The van der Waals surface area contributed by atoms with Gasteiger partial charge in [-0.25, -0.2) is 0 Å². The Hall–Kier alpha value is -2.31. The Morgan fingerprint density at radius 1 is 1.00 bits per heavy atom. The maximum atomic E-state index is 13.9. The number of alkyl halides is 3. The van der Waals surface area contributed by atoms with Crippen LogP contribution in [-0.4, -0.2) is 76.4 Å². The third-order valence-corrected chi connectivity index (χ3v) is 7.00. The second kappa shape index (κ2) is 10.8. The number of amidine groups is 1. The van der Waals surface area contributed by atoms with Crippen molar-refractivity contribution in [2.75, 3.05) is 14.1 Å². The molecule has 0 spiro atoms. The molecule has 4 rings (SSSR count). The van der Waals surface area contributed by atoms with Crippen LogP contribution < -0.4 is 4.74 Å². The van der Waals surface area contributed by atoms with Gasteiger partial charge in [0.25, 0.3) is 0 Å². The lowest BCUT2D eigenvalue weighted by atomic mass is 9.94. The van der Waals surface area contributed by atoms with E-state index in [1.807, 2.05) is 30.3 Å². The summed E-state index contributed by atoms with van der Waals surface area (Å²) in [5.41, 5.74) is 0.626. The summed E-state index contributed by atoms with van der Waals surface area (Å²) in [7, 11) is 3.45. The van der Waals surface area contributed by atoms with E-state index in [9.17, 15) is 23.4 Å². The molecule has 11 heteroatoms. The quantitative estimate of drug-likeness (QED) is 0.590. The van der Waals surface area contributed by atoms with Crippen LogP contribution >= 0.6 is 11.8 Å². The molecule has 0 saturated carbocycles. The lowest BCUT2D eigenvalue weighted by Gasteiger charge is -2.41. The molecular formula is C24H27F3N2O5S. The fourth-order valence-corrected chi connectivity index (χ4v) is 4.97. The number of hydrogen-bond donors (Lipinski definition) is 2. The minimum atomic E-state index is -4.83. The highest BCUT2D eigenvalue weighted by Gasteiger charge is 2.57. The van der Waals surface area contributed by atoms with Gasteiger partial charge in [0.05, 0.1) is 6.61 Å². The van der Waals surface area contributed by atoms with Crippen molar-refractivity contribution in [3.05, 3.63) is 65.7 Å². The summed E-state index contributed by atoms with van der Waals surface area (Å²) in [6.07, 6.45) is -12.4. The first-order valence-corrected chi connectivity index (χ1v) is 11.9. The van der Waals surface area contributed by atoms with E-state index in [-0.39, 0.29) is 6.61 Å². The van der Waals surface area contributed by atoms with Crippen LogP contribution in [0.5, 0.6) is 5.75 Å². The van der Waals surface area contributed by atoms with Gasteiger partial charge in [0.2, 0.25) is 0 Å². The number of halogens is 3. The van der Waals surface area contributed by atoms with E-state index in [2.05, 4.69) is 4.99 Å². The number of aliphatic hydroxyl groups is 2. The molecule has 0 aromatic heterocycles. The highest BCUT2D eigenvalue weighted by Crippen LogP contribution is 2.41. The van der Waals surface area contributed by atoms with E-state index in [4.69, 9.17) is 14.2 Å². The summed E-state index contributed by atoms with van der Waals surface area (Å²) in [5.74, 6) is 0.570. The van der Waals surface area contributed by atoms with E-state index < -0.39 is 42.1 Å². The van der Waals surface area contributed by atoms with E-state index >= 15 is 0 Å². The van der Waals surface area contributed by atoms with Gasteiger partial charge >= 0.3 is 6.18 Å². The number of ether oxygens (including phenoxy) is 3. The van der Waals surface area contributed by atoms with Crippen molar-refractivity contribution >= 4 is 16.9 Å². The Labute approximate surface area is 205 Å². The zero-order valence-corrected chi connectivity index (χ0v) is 19.9. The number of rotatable bonds is 7. The molecule has 2 N–H and O–H groups in total. The smallest absolute Gasteiger partial charge is 0.417 e. The Bertz CT molecular complexity index is 1010. The standard InChI is InChI=1S/C24H27F3N2O5S/c1-29(2)23-28-17-18(30)19(31)20(34-22(17)35-23)21(24(25,26)27)33-13-15-8-10-16(11-9-15)32-12-14-6-4-3-5-7-14/h3-11,17-22,30-31H,12-13H2,1-2H3/t17-,18-,19+,20?,21-,22-/m1/s1. The first-order chi connectivity index (χ1) is 16.6. The molecule has 2 aliphatic heterocycles. The number of aliphatic imine (C=N–C) groups is 1. The van der Waals surface area contributed by atoms with Gasteiger partial charge in [0.1, 0.15) is 42.1 Å². The van der Waals surface area contributed by atoms with E-state index in [1.165, 1.54) is 0 Å². The number of benzene rings is 2. The topological polar surface area (TPSA) is 83.8 Å². The predicted octanol–water partition coefficient (Wildman–Crippen LogP) is 3.19. The molecule has 0 aliphatic carbocycles. The maximum absolute atomic E-state index is 13.9. The van der Waals surface area contributed by atoms with Crippen molar-refractivity contribution in [2.24, 2.45) is 4.99 Å². The van der Waals surface area contributed by atoms with Gasteiger partial charge in [-0.3, -0.25) is 4.99 Å². The Kier molecular flexibility index (Phi) is 7.92.